The van der Waals surface area contributed by atoms with E-state index in [0.717, 1.165) is 33.5 Å². The summed E-state index contributed by atoms with van der Waals surface area (Å²) in [4.78, 5) is 24.3. The van der Waals surface area contributed by atoms with Crippen LogP contribution in [0.3, 0.4) is 0 Å². The van der Waals surface area contributed by atoms with E-state index in [-0.39, 0.29) is 13.0 Å². The molecule has 5 heterocycles. The molecule has 3 atom stereocenters. The molecule has 0 radical (unpaired) electrons. The number of aromatic nitrogens is 2. The van der Waals surface area contributed by atoms with E-state index in [1.807, 2.05) is 60.7 Å². The average molecular weight is 532 g/mol. The van der Waals surface area contributed by atoms with Crippen LogP contribution < -0.4 is 16.0 Å². The van der Waals surface area contributed by atoms with E-state index in [9.17, 15) is 10.1 Å². The topological polar surface area (TPSA) is 106 Å². The summed E-state index contributed by atoms with van der Waals surface area (Å²) < 4.78 is 4.58. The number of H-pyrrole nitrogens is 2. The number of hydrogen-bond acceptors (Lipinski definition) is 5. The van der Waals surface area contributed by atoms with E-state index < -0.39 is 21.4 Å². The first-order valence-corrected chi connectivity index (χ1v) is 12.3. The van der Waals surface area contributed by atoms with E-state index in [0.29, 0.717) is 6.42 Å². The fraction of sp³-hybridized carbons (Fsp3) is 0.296. The number of allylic oxidation sites excluding steroid dienone is 2. The number of rotatable bonds is 4. The van der Waals surface area contributed by atoms with Gasteiger partial charge >= 0.3 is 5.97 Å². The zero-order valence-electron chi connectivity index (χ0n) is 19.6. The van der Waals surface area contributed by atoms with Crippen molar-refractivity contribution in [2.45, 2.75) is 36.7 Å². The molecule has 0 fully saturated rings. The third-order valence-corrected chi connectivity index (χ3v) is 7.08. The highest BCUT2D eigenvalue weighted by Gasteiger charge is 2.48. The zero-order chi connectivity index (χ0) is 24.7. The number of esters is 1. The van der Waals surface area contributed by atoms with Gasteiger partial charge < -0.3 is 14.7 Å². The van der Waals surface area contributed by atoms with Gasteiger partial charge in [0.2, 0.25) is 0 Å². The van der Waals surface area contributed by atoms with E-state index in [1.54, 1.807) is 13.8 Å². The van der Waals surface area contributed by atoms with Crippen molar-refractivity contribution in [1.29, 1.82) is 5.26 Å². The summed E-state index contributed by atoms with van der Waals surface area (Å²) >= 11 is 3.84. The molecule has 0 amide bonds. The Labute approximate surface area is 211 Å². The van der Waals surface area contributed by atoms with Crippen LogP contribution >= 0.6 is 15.9 Å². The molecule has 8 heteroatoms. The van der Waals surface area contributed by atoms with Crippen molar-refractivity contribution in [3.63, 3.8) is 0 Å². The summed E-state index contributed by atoms with van der Waals surface area (Å²) in [5.41, 5.74) is 1.64. The van der Waals surface area contributed by atoms with Gasteiger partial charge in [0.25, 0.3) is 0 Å². The molecule has 35 heavy (non-hydrogen) atoms. The SMILES string of the molecule is CCOC(=O)C(C)(C#N)CC12C=CC(Br)(C=c3ccc([nH]3)=CC3=NC(=Cc4ccc([nH]4)C1)C=C3)N2. The van der Waals surface area contributed by atoms with Crippen LogP contribution in [0.4, 0.5) is 0 Å². The first kappa shape index (κ1) is 23.3. The average Bonchev–Trinajstić information content (AvgIpc) is 3.59. The second-order valence-electron chi connectivity index (χ2n) is 9.44. The fourth-order valence-electron chi connectivity index (χ4n) is 4.86. The van der Waals surface area contributed by atoms with Gasteiger partial charge in [0.05, 0.1) is 24.1 Å². The van der Waals surface area contributed by atoms with E-state index in [4.69, 9.17) is 4.74 Å². The van der Waals surface area contributed by atoms with Crippen molar-refractivity contribution in [2.24, 2.45) is 10.4 Å². The number of nitrogens with zero attached hydrogens (tertiary/aromatic N) is 2. The Morgan fingerprint density at radius 2 is 2.03 bits per heavy atom. The first-order valence-electron chi connectivity index (χ1n) is 11.6. The lowest BCUT2D eigenvalue weighted by Gasteiger charge is -2.36. The molecule has 0 aliphatic carbocycles. The largest absolute Gasteiger partial charge is 0.465 e. The third kappa shape index (κ3) is 4.75. The maximum absolute atomic E-state index is 12.8. The molecule has 0 aromatic carbocycles. The van der Waals surface area contributed by atoms with Gasteiger partial charge in [-0.15, -0.1) is 0 Å². The number of nitriles is 1. The first-order chi connectivity index (χ1) is 16.7. The minimum absolute atomic E-state index is 0.224. The molecule has 7 nitrogen and oxygen atoms in total. The van der Waals surface area contributed by atoms with Crippen LogP contribution in [0.25, 0.3) is 18.2 Å². The lowest BCUT2D eigenvalue weighted by Crippen LogP contribution is -2.53. The van der Waals surface area contributed by atoms with Gasteiger partial charge in [-0.1, -0.05) is 28.1 Å². The number of carbonyl (C=O) groups excluding carboxylic acids is 1. The zero-order valence-corrected chi connectivity index (χ0v) is 21.1. The second kappa shape index (κ2) is 8.67. The van der Waals surface area contributed by atoms with Crippen LogP contribution in [-0.2, 0) is 16.0 Å². The predicted molar refractivity (Wildman–Crippen MR) is 140 cm³/mol. The van der Waals surface area contributed by atoms with E-state index in [2.05, 4.69) is 48.4 Å². The summed E-state index contributed by atoms with van der Waals surface area (Å²) in [6.45, 7) is 3.61. The van der Waals surface area contributed by atoms with Gasteiger partial charge in [0.1, 0.15) is 4.45 Å². The highest BCUT2D eigenvalue weighted by atomic mass is 79.9. The maximum atomic E-state index is 12.8. The summed E-state index contributed by atoms with van der Waals surface area (Å²) in [5, 5.41) is 15.5. The normalized spacial score (nSPS) is 26.1. The Morgan fingerprint density at radius 3 is 2.83 bits per heavy atom. The van der Waals surface area contributed by atoms with Gasteiger partial charge in [0.15, 0.2) is 5.41 Å². The molecule has 3 N–H and O–H groups in total. The lowest BCUT2D eigenvalue weighted by molar-refractivity contribution is -0.152. The number of fused-ring (bicyclic) bond motifs is 7. The van der Waals surface area contributed by atoms with Crippen LogP contribution in [-0.4, -0.2) is 38.2 Å². The molecule has 8 bridgehead atoms. The van der Waals surface area contributed by atoms with Gasteiger partial charge in [-0.05, 0) is 74.9 Å². The van der Waals surface area contributed by atoms with Crippen LogP contribution in [0.15, 0.2) is 59.3 Å². The van der Waals surface area contributed by atoms with Crippen LogP contribution in [0.2, 0.25) is 0 Å². The summed E-state index contributed by atoms with van der Waals surface area (Å²) in [7, 11) is 0. The molecule has 178 valence electrons. The highest BCUT2D eigenvalue weighted by Crippen LogP contribution is 2.40. The summed E-state index contributed by atoms with van der Waals surface area (Å²) in [5.74, 6) is -0.515. The Hall–Kier alpha value is -3.41. The Balaban J connectivity index is 1.61. The molecule has 3 aliphatic heterocycles. The molecule has 3 aliphatic rings. The van der Waals surface area contributed by atoms with Crippen molar-refractivity contribution in [2.75, 3.05) is 6.61 Å². The van der Waals surface area contributed by atoms with Crippen molar-refractivity contribution in [1.82, 2.24) is 15.3 Å². The third-order valence-electron chi connectivity index (χ3n) is 6.39. The molecular weight excluding hydrogens is 506 g/mol. The minimum atomic E-state index is -1.32. The number of hydrogen-bond donors (Lipinski definition) is 3. The Morgan fingerprint density at radius 1 is 1.20 bits per heavy atom. The Kier molecular flexibility index (Phi) is 5.78. The molecule has 5 rings (SSSR count). The standard InChI is InChI=1S/C27H26BrN5O2/c1-3-35-24(34)25(2,17-29)16-26-10-11-27(28,33-26)15-23-9-7-21(32-23)13-19-5-4-18(30-19)12-20-6-8-22(14-26)31-20/h4-13,15,31-33H,3,14,16H2,1-2H3. The molecule has 3 unspecified atom stereocenters. The number of ether oxygens (including phenoxy) is 1. The summed E-state index contributed by atoms with van der Waals surface area (Å²) in [6.07, 6.45) is 14.9. The monoisotopic (exact) mass is 531 g/mol. The van der Waals surface area contributed by atoms with Crippen LogP contribution in [0, 0.1) is 16.7 Å². The number of aliphatic imine (C=N–C) groups is 1. The van der Waals surface area contributed by atoms with Crippen molar-refractivity contribution < 1.29 is 9.53 Å². The van der Waals surface area contributed by atoms with Crippen LogP contribution in [0.5, 0.6) is 0 Å². The molecular formula is C27H26BrN5O2. The van der Waals surface area contributed by atoms with Gasteiger partial charge in [-0.25, -0.2) is 4.99 Å². The Bertz CT molecular complexity index is 1470. The lowest BCUT2D eigenvalue weighted by atomic mass is 9.76. The molecule has 2 aromatic rings. The van der Waals surface area contributed by atoms with Crippen molar-refractivity contribution in [3.05, 3.63) is 76.4 Å². The number of alkyl halides is 1. The maximum Gasteiger partial charge on any atom is 0.326 e. The number of halogens is 1. The molecule has 0 saturated heterocycles. The summed E-state index contributed by atoms with van der Waals surface area (Å²) in [6, 6.07) is 10.3. The fourth-order valence-corrected chi connectivity index (χ4v) is 5.64. The van der Waals surface area contributed by atoms with Gasteiger partial charge in [0, 0.05) is 34.0 Å². The van der Waals surface area contributed by atoms with Crippen molar-refractivity contribution >= 4 is 45.8 Å². The minimum Gasteiger partial charge on any atom is -0.465 e. The van der Waals surface area contributed by atoms with E-state index in [1.165, 1.54) is 0 Å². The number of nitrogens with one attached hydrogen (secondary N) is 3. The highest BCUT2D eigenvalue weighted by molar-refractivity contribution is 9.10. The smallest absolute Gasteiger partial charge is 0.326 e. The quantitative estimate of drug-likeness (QED) is 0.244. The molecule has 0 spiro atoms. The molecule has 2 aromatic heterocycles. The number of carbonyl (C=O) groups is 1. The van der Waals surface area contributed by atoms with E-state index >= 15 is 0 Å². The molecule has 0 saturated carbocycles. The van der Waals surface area contributed by atoms with Gasteiger partial charge in [-0.3, -0.25) is 10.1 Å². The van der Waals surface area contributed by atoms with Crippen molar-refractivity contribution in [3.8, 4) is 6.07 Å². The second-order valence-corrected chi connectivity index (χ2v) is 10.7. The van der Waals surface area contributed by atoms with Crippen LogP contribution in [0.1, 0.15) is 31.7 Å². The van der Waals surface area contributed by atoms with Gasteiger partial charge in [-0.2, -0.15) is 5.26 Å². The predicted octanol–water partition coefficient (Wildman–Crippen LogP) is 2.98. The number of aromatic amines is 2.